The van der Waals surface area contributed by atoms with Crippen molar-refractivity contribution in [3.63, 3.8) is 0 Å². The van der Waals surface area contributed by atoms with Gasteiger partial charge in [0.15, 0.2) is 11.5 Å². The third kappa shape index (κ3) is 5.91. The van der Waals surface area contributed by atoms with Crippen LogP contribution in [0.3, 0.4) is 0 Å². The normalized spacial score (nSPS) is 18.1. The Labute approximate surface area is 200 Å². The van der Waals surface area contributed by atoms with Crippen molar-refractivity contribution in [2.75, 3.05) is 6.54 Å². The van der Waals surface area contributed by atoms with Crippen molar-refractivity contribution in [1.82, 2.24) is 4.90 Å². The second-order valence-corrected chi connectivity index (χ2v) is 10.2. The summed E-state index contributed by atoms with van der Waals surface area (Å²) in [7, 11) is 0. The van der Waals surface area contributed by atoms with E-state index in [9.17, 15) is 4.79 Å². The molecule has 0 N–H and O–H groups in total. The molecule has 1 saturated heterocycles. The zero-order chi connectivity index (χ0) is 23.2. The molecule has 3 aromatic carbocycles. The van der Waals surface area contributed by atoms with Crippen LogP contribution in [0.2, 0.25) is 0 Å². The Hall–Kier alpha value is -2.92. The number of hydrogen-bond acceptors (Lipinski definition) is 4. The molecule has 4 rings (SSSR count). The zero-order valence-electron chi connectivity index (χ0n) is 19.4. The molecule has 1 heterocycles. The summed E-state index contributed by atoms with van der Waals surface area (Å²) in [6.45, 7) is 7.95. The SMILES string of the molecule is CC(C)CN1C(=O)C(C)SC1c1ccc(OCc2ccccc2)c(OCc2ccccc2)c1. The van der Waals surface area contributed by atoms with Gasteiger partial charge in [0, 0.05) is 6.54 Å². The molecule has 0 aromatic heterocycles. The molecule has 0 saturated carbocycles. The molecule has 2 atom stereocenters. The summed E-state index contributed by atoms with van der Waals surface area (Å²) in [5, 5.41) is -0.0615. The third-order valence-corrected chi connectivity index (χ3v) is 6.93. The van der Waals surface area contributed by atoms with Crippen LogP contribution in [0.1, 0.15) is 42.8 Å². The largest absolute Gasteiger partial charge is 0.485 e. The number of amides is 1. The Kier molecular flexibility index (Phi) is 7.61. The molecular formula is C28H31NO3S. The number of hydrogen-bond donors (Lipinski definition) is 0. The average Bonchev–Trinajstić information content (AvgIpc) is 3.11. The van der Waals surface area contributed by atoms with Crippen LogP contribution >= 0.6 is 11.8 Å². The lowest BCUT2D eigenvalue weighted by molar-refractivity contribution is -0.130. The van der Waals surface area contributed by atoms with Gasteiger partial charge in [0.2, 0.25) is 5.91 Å². The lowest BCUT2D eigenvalue weighted by atomic mass is 10.1. The van der Waals surface area contributed by atoms with Gasteiger partial charge in [-0.3, -0.25) is 4.79 Å². The van der Waals surface area contributed by atoms with Gasteiger partial charge in [-0.1, -0.05) is 80.6 Å². The van der Waals surface area contributed by atoms with Crippen LogP contribution in [0.5, 0.6) is 11.5 Å². The van der Waals surface area contributed by atoms with E-state index < -0.39 is 0 Å². The summed E-state index contributed by atoms with van der Waals surface area (Å²) < 4.78 is 12.4. The Balaban J connectivity index is 1.59. The number of carbonyl (C=O) groups is 1. The molecule has 0 aliphatic carbocycles. The van der Waals surface area contributed by atoms with Gasteiger partial charge in [-0.15, -0.1) is 11.8 Å². The van der Waals surface area contributed by atoms with Gasteiger partial charge in [-0.05, 0) is 41.7 Å². The van der Waals surface area contributed by atoms with Crippen LogP contribution in [0.4, 0.5) is 0 Å². The molecule has 1 aliphatic rings. The summed E-state index contributed by atoms with van der Waals surface area (Å²) >= 11 is 1.70. The van der Waals surface area contributed by atoms with Crippen molar-refractivity contribution < 1.29 is 14.3 Å². The highest BCUT2D eigenvalue weighted by molar-refractivity contribution is 8.01. The fraction of sp³-hybridized carbons (Fsp3) is 0.321. The van der Waals surface area contributed by atoms with Crippen molar-refractivity contribution in [2.45, 2.75) is 44.6 Å². The third-order valence-electron chi connectivity index (χ3n) is 5.54. The van der Waals surface area contributed by atoms with E-state index in [-0.39, 0.29) is 16.5 Å². The number of carbonyl (C=O) groups excluding carboxylic acids is 1. The van der Waals surface area contributed by atoms with Crippen molar-refractivity contribution in [2.24, 2.45) is 5.92 Å². The summed E-state index contributed by atoms with van der Waals surface area (Å²) in [4.78, 5) is 14.8. The molecule has 0 radical (unpaired) electrons. The lowest BCUT2D eigenvalue weighted by Crippen LogP contribution is -2.33. The molecule has 4 nitrogen and oxygen atoms in total. The minimum atomic E-state index is -0.0450. The van der Waals surface area contributed by atoms with E-state index in [1.54, 1.807) is 11.8 Å². The van der Waals surface area contributed by atoms with Gasteiger partial charge in [0.05, 0.1) is 5.25 Å². The molecule has 0 bridgehead atoms. The zero-order valence-corrected chi connectivity index (χ0v) is 20.3. The number of rotatable bonds is 9. The maximum absolute atomic E-state index is 12.8. The summed E-state index contributed by atoms with van der Waals surface area (Å²) in [5.41, 5.74) is 3.26. The van der Waals surface area contributed by atoms with Gasteiger partial charge in [-0.2, -0.15) is 0 Å². The van der Waals surface area contributed by atoms with E-state index in [4.69, 9.17) is 9.47 Å². The van der Waals surface area contributed by atoms with Gasteiger partial charge in [-0.25, -0.2) is 0 Å². The predicted molar refractivity (Wildman–Crippen MR) is 134 cm³/mol. The molecular weight excluding hydrogens is 430 g/mol. The van der Waals surface area contributed by atoms with E-state index >= 15 is 0 Å². The first kappa shape index (κ1) is 23.2. The topological polar surface area (TPSA) is 38.8 Å². The summed E-state index contributed by atoms with van der Waals surface area (Å²) in [5.74, 6) is 2.01. The molecule has 1 aliphatic heterocycles. The number of thioether (sulfide) groups is 1. The highest BCUT2D eigenvalue weighted by Gasteiger charge is 2.38. The first-order valence-electron chi connectivity index (χ1n) is 11.4. The second kappa shape index (κ2) is 10.8. The predicted octanol–water partition coefficient (Wildman–Crippen LogP) is 6.46. The standard InChI is InChI=1S/C28H31NO3S/c1-20(2)17-29-27(30)21(3)33-28(29)24-14-15-25(31-18-22-10-6-4-7-11-22)26(16-24)32-19-23-12-8-5-9-13-23/h4-16,20-21,28H,17-19H2,1-3H3. The first-order valence-corrected chi connectivity index (χ1v) is 12.4. The van der Waals surface area contributed by atoms with Crippen LogP contribution < -0.4 is 9.47 Å². The molecule has 33 heavy (non-hydrogen) atoms. The molecule has 3 aromatic rings. The maximum Gasteiger partial charge on any atom is 0.236 e. The van der Waals surface area contributed by atoms with Crippen LogP contribution in [0, 0.1) is 5.92 Å². The highest BCUT2D eigenvalue weighted by atomic mass is 32.2. The minimum absolute atomic E-state index is 0.0165. The number of nitrogens with zero attached hydrogens (tertiary/aromatic N) is 1. The second-order valence-electron chi connectivity index (χ2n) is 8.77. The van der Waals surface area contributed by atoms with Crippen molar-refractivity contribution >= 4 is 17.7 Å². The molecule has 1 amide bonds. The Morgan fingerprint density at radius 3 is 2.00 bits per heavy atom. The minimum Gasteiger partial charge on any atom is -0.485 e. The van der Waals surface area contributed by atoms with Gasteiger partial charge >= 0.3 is 0 Å². The fourth-order valence-corrected chi connectivity index (χ4v) is 5.17. The van der Waals surface area contributed by atoms with Gasteiger partial charge < -0.3 is 14.4 Å². The van der Waals surface area contributed by atoms with Crippen LogP contribution in [-0.4, -0.2) is 22.6 Å². The van der Waals surface area contributed by atoms with Crippen LogP contribution in [0.25, 0.3) is 0 Å². The van der Waals surface area contributed by atoms with Gasteiger partial charge in [0.25, 0.3) is 0 Å². The van der Waals surface area contributed by atoms with E-state index in [0.717, 1.165) is 23.2 Å². The van der Waals surface area contributed by atoms with Crippen molar-refractivity contribution in [1.29, 1.82) is 0 Å². The van der Waals surface area contributed by atoms with Crippen molar-refractivity contribution in [3.8, 4) is 11.5 Å². The Morgan fingerprint density at radius 1 is 0.848 bits per heavy atom. The van der Waals surface area contributed by atoms with Crippen LogP contribution in [-0.2, 0) is 18.0 Å². The van der Waals surface area contributed by atoms with E-state index in [1.165, 1.54) is 0 Å². The number of benzene rings is 3. The van der Waals surface area contributed by atoms with E-state index in [0.29, 0.717) is 30.6 Å². The van der Waals surface area contributed by atoms with Crippen molar-refractivity contribution in [3.05, 3.63) is 95.6 Å². The van der Waals surface area contributed by atoms with Gasteiger partial charge in [0.1, 0.15) is 18.6 Å². The number of ether oxygens (including phenoxy) is 2. The monoisotopic (exact) mass is 461 g/mol. The fourth-order valence-electron chi connectivity index (χ4n) is 3.89. The van der Waals surface area contributed by atoms with E-state index in [1.807, 2.05) is 84.6 Å². The molecule has 172 valence electrons. The molecule has 5 heteroatoms. The van der Waals surface area contributed by atoms with Crippen LogP contribution in [0.15, 0.2) is 78.9 Å². The smallest absolute Gasteiger partial charge is 0.236 e. The molecule has 1 fully saturated rings. The molecule has 2 unspecified atom stereocenters. The summed E-state index contributed by atoms with van der Waals surface area (Å²) in [6, 6.07) is 26.3. The quantitative estimate of drug-likeness (QED) is 0.366. The first-order chi connectivity index (χ1) is 16.0. The maximum atomic E-state index is 12.8. The summed E-state index contributed by atoms with van der Waals surface area (Å²) in [6.07, 6.45) is 0. The average molecular weight is 462 g/mol. The Morgan fingerprint density at radius 2 is 1.42 bits per heavy atom. The highest BCUT2D eigenvalue weighted by Crippen LogP contribution is 2.45. The van der Waals surface area contributed by atoms with E-state index in [2.05, 4.69) is 19.9 Å². The molecule has 0 spiro atoms. The lowest BCUT2D eigenvalue weighted by Gasteiger charge is -2.26. The Bertz CT molecular complexity index is 1060.